The van der Waals surface area contributed by atoms with Gasteiger partial charge in [0.1, 0.15) is 5.82 Å². The standard InChI is InChI=1S/C17H16BrFN2O2/c1-11(14-4-2-3-5-15(14)18)21-16(22)10-20-17(23)12-6-8-13(19)9-7-12/h2-9,11H,10H2,1H3,(H,20,23)(H,21,22). The molecule has 4 nitrogen and oxygen atoms in total. The Balaban J connectivity index is 1.86. The van der Waals surface area contributed by atoms with Gasteiger partial charge in [-0.1, -0.05) is 34.1 Å². The summed E-state index contributed by atoms with van der Waals surface area (Å²) in [5.74, 6) is -1.14. The van der Waals surface area contributed by atoms with Crippen LogP contribution in [-0.2, 0) is 4.79 Å². The molecular weight excluding hydrogens is 363 g/mol. The fourth-order valence-electron chi connectivity index (χ4n) is 2.06. The smallest absolute Gasteiger partial charge is 0.251 e. The van der Waals surface area contributed by atoms with E-state index < -0.39 is 11.7 Å². The molecule has 2 aromatic carbocycles. The van der Waals surface area contributed by atoms with Gasteiger partial charge in [-0.15, -0.1) is 0 Å². The van der Waals surface area contributed by atoms with Crippen LogP contribution in [0.25, 0.3) is 0 Å². The van der Waals surface area contributed by atoms with Crippen LogP contribution in [0.15, 0.2) is 53.0 Å². The van der Waals surface area contributed by atoms with Crippen molar-refractivity contribution in [2.24, 2.45) is 0 Å². The first kappa shape index (κ1) is 17.1. The molecule has 0 fully saturated rings. The monoisotopic (exact) mass is 378 g/mol. The molecule has 2 amide bonds. The number of nitrogens with one attached hydrogen (secondary N) is 2. The van der Waals surface area contributed by atoms with E-state index in [1.807, 2.05) is 31.2 Å². The predicted octanol–water partition coefficient (Wildman–Crippen LogP) is 3.20. The molecule has 0 aliphatic rings. The number of amides is 2. The van der Waals surface area contributed by atoms with E-state index in [4.69, 9.17) is 0 Å². The van der Waals surface area contributed by atoms with Crippen molar-refractivity contribution in [2.45, 2.75) is 13.0 Å². The van der Waals surface area contributed by atoms with Gasteiger partial charge >= 0.3 is 0 Å². The molecule has 0 aliphatic heterocycles. The average molecular weight is 379 g/mol. The van der Waals surface area contributed by atoms with E-state index in [2.05, 4.69) is 26.6 Å². The van der Waals surface area contributed by atoms with Gasteiger partial charge in [0, 0.05) is 10.0 Å². The number of hydrogen-bond acceptors (Lipinski definition) is 2. The van der Waals surface area contributed by atoms with Gasteiger partial charge in [-0.3, -0.25) is 9.59 Å². The molecule has 0 saturated carbocycles. The highest BCUT2D eigenvalue weighted by Gasteiger charge is 2.13. The van der Waals surface area contributed by atoms with Gasteiger partial charge in [0.05, 0.1) is 12.6 Å². The van der Waals surface area contributed by atoms with Crippen LogP contribution in [0.4, 0.5) is 4.39 Å². The quantitative estimate of drug-likeness (QED) is 0.839. The lowest BCUT2D eigenvalue weighted by atomic mass is 10.1. The maximum Gasteiger partial charge on any atom is 0.251 e. The van der Waals surface area contributed by atoms with Crippen molar-refractivity contribution in [2.75, 3.05) is 6.54 Å². The van der Waals surface area contributed by atoms with Crippen molar-refractivity contribution in [3.05, 3.63) is 69.9 Å². The molecule has 2 N–H and O–H groups in total. The van der Waals surface area contributed by atoms with Crippen LogP contribution in [0.3, 0.4) is 0 Å². The van der Waals surface area contributed by atoms with Gasteiger partial charge in [-0.25, -0.2) is 4.39 Å². The molecule has 0 spiro atoms. The molecule has 2 rings (SSSR count). The van der Waals surface area contributed by atoms with E-state index in [0.29, 0.717) is 5.56 Å². The molecule has 6 heteroatoms. The summed E-state index contributed by atoms with van der Waals surface area (Å²) in [6, 6.07) is 12.5. The molecule has 23 heavy (non-hydrogen) atoms. The minimum Gasteiger partial charge on any atom is -0.348 e. The van der Waals surface area contributed by atoms with E-state index in [-0.39, 0.29) is 18.5 Å². The molecule has 0 aromatic heterocycles. The SMILES string of the molecule is CC(NC(=O)CNC(=O)c1ccc(F)cc1)c1ccccc1Br. The number of benzene rings is 2. The Labute approximate surface area is 142 Å². The minimum absolute atomic E-state index is 0.148. The molecule has 0 aliphatic carbocycles. The van der Waals surface area contributed by atoms with Gasteiger partial charge in [0.2, 0.25) is 5.91 Å². The molecule has 0 radical (unpaired) electrons. The molecule has 0 bridgehead atoms. The number of hydrogen-bond donors (Lipinski definition) is 2. The van der Waals surface area contributed by atoms with E-state index in [1.54, 1.807) is 0 Å². The summed E-state index contributed by atoms with van der Waals surface area (Å²) in [7, 11) is 0. The van der Waals surface area contributed by atoms with Crippen molar-refractivity contribution in [1.82, 2.24) is 10.6 Å². The third-order valence-corrected chi connectivity index (χ3v) is 3.99. The molecule has 0 saturated heterocycles. The van der Waals surface area contributed by atoms with E-state index in [1.165, 1.54) is 24.3 Å². The first-order chi connectivity index (χ1) is 11.0. The Morgan fingerprint density at radius 1 is 1.13 bits per heavy atom. The Bertz CT molecular complexity index is 704. The average Bonchev–Trinajstić information content (AvgIpc) is 2.53. The summed E-state index contributed by atoms with van der Waals surface area (Å²) in [5, 5.41) is 5.31. The van der Waals surface area contributed by atoms with Crippen LogP contribution in [-0.4, -0.2) is 18.4 Å². The highest BCUT2D eigenvalue weighted by atomic mass is 79.9. The topological polar surface area (TPSA) is 58.2 Å². The van der Waals surface area contributed by atoms with Crippen LogP contribution in [0, 0.1) is 5.82 Å². The van der Waals surface area contributed by atoms with Crippen molar-refractivity contribution >= 4 is 27.7 Å². The first-order valence-electron chi connectivity index (χ1n) is 7.05. The maximum atomic E-state index is 12.8. The Morgan fingerprint density at radius 2 is 1.78 bits per heavy atom. The van der Waals surface area contributed by atoms with Crippen LogP contribution in [0.1, 0.15) is 28.9 Å². The van der Waals surface area contributed by atoms with Crippen molar-refractivity contribution in [1.29, 1.82) is 0 Å². The van der Waals surface area contributed by atoms with Gasteiger partial charge in [0.15, 0.2) is 0 Å². The molecule has 1 unspecified atom stereocenters. The third kappa shape index (κ3) is 4.89. The normalized spacial score (nSPS) is 11.6. The van der Waals surface area contributed by atoms with Crippen LogP contribution >= 0.6 is 15.9 Å². The Morgan fingerprint density at radius 3 is 2.43 bits per heavy atom. The van der Waals surface area contributed by atoms with E-state index >= 15 is 0 Å². The zero-order valence-electron chi connectivity index (χ0n) is 12.5. The molecular formula is C17H16BrFN2O2. The largest absolute Gasteiger partial charge is 0.348 e. The highest BCUT2D eigenvalue weighted by molar-refractivity contribution is 9.10. The number of carbonyl (C=O) groups excluding carboxylic acids is 2. The number of carbonyl (C=O) groups is 2. The Kier molecular flexibility index (Phi) is 5.87. The number of rotatable bonds is 5. The molecule has 0 heterocycles. The molecule has 1 atom stereocenters. The van der Waals surface area contributed by atoms with Crippen LogP contribution < -0.4 is 10.6 Å². The van der Waals surface area contributed by atoms with Gasteiger partial charge in [0.25, 0.3) is 5.91 Å². The first-order valence-corrected chi connectivity index (χ1v) is 7.84. The second kappa shape index (κ2) is 7.87. The minimum atomic E-state index is -0.423. The van der Waals surface area contributed by atoms with E-state index in [0.717, 1.165) is 10.0 Å². The lowest BCUT2D eigenvalue weighted by molar-refractivity contribution is -0.120. The van der Waals surface area contributed by atoms with Crippen LogP contribution in [0.2, 0.25) is 0 Å². The maximum absolute atomic E-state index is 12.8. The van der Waals surface area contributed by atoms with Gasteiger partial charge < -0.3 is 10.6 Å². The predicted molar refractivity (Wildman–Crippen MR) is 89.4 cm³/mol. The van der Waals surface area contributed by atoms with Gasteiger partial charge in [-0.05, 0) is 42.8 Å². The fourth-order valence-corrected chi connectivity index (χ4v) is 2.69. The fraction of sp³-hybridized carbons (Fsp3) is 0.176. The van der Waals surface area contributed by atoms with Crippen molar-refractivity contribution in [3.8, 4) is 0 Å². The zero-order valence-corrected chi connectivity index (χ0v) is 14.1. The zero-order chi connectivity index (χ0) is 16.8. The molecule has 2 aromatic rings. The summed E-state index contributed by atoms with van der Waals surface area (Å²) in [4.78, 5) is 23.8. The summed E-state index contributed by atoms with van der Waals surface area (Å²) in [6.07, 6.45) is 0. The summed E-state index contributed by atoms with van der Waals surface area (Å²) >= 11 is 3.43. The number of halogens is 2. The van der Waals surface area contributed by atoms with Crippen molar-refractivity contribution in [3.63, 3.8) is 0 Å². The lowest BCUT2D eigenvalue weighted by Crippen LogP contribution is -2.38. The third-order valence-electron chi connectivity index (χ3n) is 3.27. The summed E-state index contributed by atoms with van der Waals surface area (Å²) in [5.41, 5.74) is 1.25. The second-order valence-electron chi connectivity index (χ2n) is 5.00. The molecule has 120 valence electrons. The highest BCUT2D eigenvalue weighted by Crippen LogP contribution is 2.22. The summed E-state index contributed by atoms with van der Waals surface area (Å²) in [6.45, 7) is 1.71. The van der Waals surface area contributed by atoms with Crippen molar-refractivity contribution < 1.29 is 14.0 Å². The van der Waals surface area contributed by atoms with E-state index in [9.17, 15) is 14.0 Å². The second-order valence-corrected chi connectivity index (χ2v) is 5.85. The van der Waals surface area contributed by atoms with Crippen LogP contribution in [0.5, 0.6) is 0 Å². The summed E-state index contributed by atoms with van der Waals surface area (Å²) < 4.78 is 13.7. The Hall–Kier alpha value is -2.21. The lowest BCUT2D eigenvalue weighted by Gasteiger charge is -2.16. The van der Waals surface area contributed by atoms with Gasteiger partial charge in [-0.2, -0.15) is 0 Å².